The van der Waals surface area contributed by atoms with E-state index in [4.69, 9.17) is 23.2 Å². The molecule has 0 spiro atoms. The molecular formula is C12H8Cl2N4. The maximum atomic E-state index is 6.13. The fourth-order valence-corrected chi connectivity index (χ4v) is 2.24. The Morgan fingerprint density at radius 1 is 1.06 bits per heavy atom. The van der Waals surface area contributed by atoms with E-state index in [0.717, 1.165) is 11.4 Å². The Labute approximate surface area is 113 Å². The summed E-state index contributed by atoms with van der Waals surface area (Å²) in [6.45, 7) is 0. The van der Waals surface area contributed by atoms with E-state index in [-0.39, 0.29) is 0 Å². The van der Waals surface area contributed by atoms with Crippen LogP contribution in [0.25, 0.3) is 5.65 Å². The van der Waals surface area contributed by atoms with Crippen LogP contribution in [0, 0.1) is 0 Å². The molecule has 0 unspecified atom stereocenters. The molecule has 2 aromatic heterocycles. The van der Waals surface area contributed by atoms with E-state index in [0.29, 0.717) is 22.2 Å². The molecule has 2 heterocycles. The Kier molecular flexibility index (Phi) is 2.89. The van der Waals surface area contributed by atoms with Crippen molar-refractivity contribution in [3.63, 3.8) is 0 Å². The van der Waals surface area contributed by atoms with Gasteiger partial charge in [-0.2, -0.15) is 0 Å². The highest BCUT2D eigenvalue weighted by Gasteiger charge is 2.10. The molecule has 6 heteroatoms. The number of hydrogen-bond acceptors (Lipinski definition) is 3. The van der Waals surface area contributed by atoms with E-state index in [9.17, 15) is 0 Å². The van der Waals surface area contributed by atoms with Gasteiger partial charge in [0.25, 0.3) is 0 Å². The molecule has 0 aliphatic rings. The Morgan fingerprint density at radius 3 is 2.72 bits per heavy atom. The highest BCUT2D eigenvalue weighted by molar-refractivity contribution is 6.31. The summed E-state index contributed by atoms with van der Waals surface area (Å²) in [4.78, 5) is 3.97. The van der Waals surface area contributed by atoms with Gasteiger partial charge in [0, 0.05) is 11.4 Å². The van der Waals surface area contributed by atoms with Gasteiger partial charge in [-0.05, 0) is 11.6 Å². The van der Waals surface area contributed by atoms with Gasteiger partial charge in [0.15, 0.2) is 5.65 Å². The topological polar surface area (TPSA) is 43.1 Å². The molecule has 0 saturated carbocycles. The van der Waals surface area contributed by atoms with Gasteiger partial charge in [-0.1, -0.05) is 41.4 Å². The van der Waals surface area contributed by atoms with Crippen molar-refractivity contribution in [1.29, 1.82) is 0 Å². The van der Waals surface area contributed by atoms with Crippen molar-refractivity contribution in [2.75, 3.05) is 0 Å². The van der Waals surface area contributed by atoms with Gasteiger partial charge in [0.05, 0.1) is 12.4 Å². The number of nitrogens with zero attached hydrogens (tertiary/aromatic N) is 4. The average molecular weight is 279 g/mol. The minimum Gasteiger partial charge on any atom is -0.266 e. The van der Waals surface area contributed by atoms with Gasteiger partial charge in [0.1, 0.15) is 11.0 Å². The molecule has 3 rings (SSSR count). The van der Waals surface area contributed by atoms with Crippen molar-refractivity contribution < 1.29 is 0 Å². The Balaban J connectivity index is 2.09. The maximum Gasteiger partial charge on any atom is 0.180 e. The molecule has 4 nitrogen and oxygen atoms in total. The summed E-state index contributed by atoms with van der Waals surface area (Å²) in [5.41, 5.74) is 1.62. The molecule has 0 bridgehead atoms. The monoisotopic (exact) mass is 278 g/mol. The summed E-state index contributed by atoms with van der Waals surface area (Å²) in [5.74, 6) is 0.741. The second kappa shape index (κ2) is 4.55. The lowest BCUT2D eigenvalue weighted by molar-refractivity contribution is 0.932. The first-order chi connectivity index (χ1) is 8.75. The van der Waals surface area contributed by atoms with Crippen LogP contribution < -0.4 is 0 Å². The summed E-state index contributed by atoms with van der Waals surface area (Å²) in [6, 6.07) is 7.64. The number of benzene rings is 1. The maximum absolute atomic E-state index is 6.13. The van der Waals surface area contributed by atoms with Crippen molar-refractivity contribution in [1.82, 2.24) is 19.6 Å². The lowest BCUT2D eigenvalue weighted by atomic mass is 10.1. The Morgan fingerprint density at radius 2 is 1.89 bits per heavy atom. The summed E-state index contributed by atoms with van der Waals surface area (Å²) in [6.07, 6.45) is 3.76. The van der Waals surface area contributed by atoms with Crippen LogP contribution in [0.3, 0.4) is 0 Å². The lowest BCUT2D eigenvalue weighted by Gasteiger charge is -2.03. The van der Waals surface area contributed by atoms with E-state index in [1.165, 1.54) is 0 Å². The van der Waals surface area contributed by atoms with Crippen molar-refractivity contribution in [2.45, 2.75) is 6.42 Å². The van der Waals surface area contributed by atoms with Crippen LogP contribution in [-0.4, -0.2) is 19.6 Å². The average Bonchev–Trinajstić information content (AvgIpc) is 2.77. The van der Waals surface area contributed by atoms with Crippen LogP contribution in [0.5, 0.6) is 0 Å². The van der Waals surface area contributed by atoms with Crippen LogP contribution in [0.1, 0.15) is 11.4 Å². The molecule has 0 saturated heterocycles. The minimum absolute atomic E-state index is 0.486. The van der Waals surface area contributed by atoms with Gasteiger partial charge >= 0.3 is 0 Å². The highest BCUT2D eigenvalue weighted by Crippen LogP contribution is 2.20. The summed E-state index contributed by atoms with van der Waals surface area (Å²) in [5, 5.41) is 9.34. The molecule has 0 aliphatic heterocycles. The zero-order chi connectivity index (χ0) is 12.5. The van der Waals surface area contributed by atoms with Crippen molar-refractivity contribution in [3.05, 3.63) is 58.2 Å². The summed E-state index contributed by atoms with van der Waals surface area (Å²) < 4.78 is 1.76. The Hall–Kier alpha value is -1.65. The number of fused-ring (bicyclic) bond motifs is 1. The van der Waals surface area contributed by atoms with Gasteiger partial charge in [-0.25, -0.2) is 0 Å². The molecule has 0 aliphatic carbocycles. The highest BCUT2D eigenvalue weighted by atomic mass is 35.5. The van der Waals surface area contributed by atoms with E-state index >= 15 is 0 Å². The van der Waals surface area contributed by atoms with E-state index in [1.807, 2.05) is 24.3 Å². The van der Waals surface area contributed by atoms with Crippen LogP contribution in [0.4, 0.5) is 0 Å². The van der Waals surface area contributed by atoms with Gasteiger partial charge < -0.3 is 0 Å². The number of aromatic nitrogens is 4. The van der Waals surface area contributed by atoms with Crippen LogP contribution in [0.15, 0.2) is 36.7 Å². The quantitative estimate of drug-likeness (QED) is 0.724. The Bertz CT molecular complexity index is 708. The van der Waals surface area contributed by atoms with E-state index < -0.39 is 0 Å². The molecule has 3 aromatic rings. The van der Waals surface area contributed by atoms with Gasteiger partial charge in [-0.15, -0.1) is 10.2 Å². The van der Waals surface area contributed by atoms with Crippen LogP contribution >= 0.6 is 23.2 Å². The lowest BCUT2D eigenvalue weighted by Crippen LogP contribution is -1.98. The summed E-state index contributed by atoms with van der Waals surface area (Å²) >= 11 is 12.2. The molecule has 0 radical (unpaired) electrons. The first-order valence-corrected chi connectivity index (χ1v) is 6.08. The molecular weight excluding hydrogens is 271 g/mol. The van der Waals surface area contributed by atoms with Crippen molar-refractivity contribution >= 4 is 28.8 Å². The first-order valence-electron chi connectivity index (χ1n) is 5.32. The number of rotatable bonds is 2. The number of hydrogen-bond donors (Lipinski definition) is 0. The third-order valence-corrected chi connectivity index (χ3v) is 3.28. The fraction of sp³-hybridized carbons (Fsp3) is 0.0833. The number of halogens is 2. The van der Waals surface area contributed by atoms with E-state index in [2.05, 4.69) is 15.2 Å². The van der Waals surface area contributed by atoms with Crippen molar-refractivity contribution in [2.24, 2.45) is 0 Å². The van der Waals surface area contributed by atoms with Gasteiger partial charge in [0.2, 0.25) is 0 Å². The predicted molar refractivity (Wildman–Crippen MR) is 70.1 cm³/mol. The van der Waals surface area contributed by atoms with E-state index in [1.54, 1.807) is 16.8 Å². The molecule has 0 fully saturated rings. The minimum atomic E-state index is 0.486. The largest absolute Gasteiger partial charge is 0.266 e. The molecule has 18 heavy (non-hydrogen) atoms. The molecule has 90 valence electrons. The molecule has 0 N–H and O–H groups in total. The SMILES string of the molecule is Clc1ccccc1Cc1nnc2cncc(Cl)n12. The molecule has 0 atom stereocenters. The van der Waals surface area contributed by atoms with Crippen LogP contribution in [0.2, 0.25) is 10.2 Å². The predicted octanol–water partition coefficient (Wildman–Crippen LogP) is 3.02. The van der Waals surface area contributed by atoms with Crippen molar-refractivity contribution in [3.8, 4) is 0 Å². The molecule has 0 amide bonds. The zero-order valence-corrected chi connectivity index (χ0v) is 10.7. The molecule has 1 aromatic carbocycles. The van der Waals surface area contributed by atoms with Crippen LogP contribution in [-0.2, 0) is 6.42 Å². The smallest absolute Gasteiger partial charge is 0.180 e. The second-order valence-electron chi connectivity index (χ2n) is 3.81. The third kappa shape index (κ3) is 1.94. The second-order valence-corrected chi connectivity index (χ2v) is 4.60. The first kappa shape index (κ1) is 11.4. The normalized spacial score (nSPS) is 11.0. The summed E-state index contributed by atoms with van der Waals surface area (Å²) in [7, 11) is 0. The fourth-order valence-electron chi connectivity index (χ4n) is 1.80. The third-order valence-electron chi connectivity index (χ3n) is 2.65. The van der Waals surface area contributed by atoms with Gasteiger partial charge in [-0.3, -0.25) is 9.38 Å². The standard InChI is InChI=1S/C12H8Cl2N4/c13-9-4-2-1-3-8(9)5-11-16-17-12-7-15-6-10(14)18(11)12/h1-4,6-7H,5H2. The zero-order valence-electron chi connectivity index (χ0n) is 9.22.